The Morgan fingerprint density at radius 3 is 1.75 bits per heavy atom. The Morgan fingerprint density at radius 2 is 1.21 bits per heavy atom. The average molecular weight is 315 g/mol. The van der Waals surface area contributed by atoms with Crippen LogP contribution in [0.4, 0.5) is 11.4 Å². The smallest absolute Gasteiger partial charge is 0.0413 e. The summed E-state index contributed by atoms with van der Waals surface area (Å²) < 4.78 is 0. The number of hydrogen-bond donors (Lipinski definition) is 1. The Labute approximate surface area is 145 Å². The van der Waals surface area contributed by atoms with Crippen LogP contribution in [-0.2, 0) is 5.41 Å². The molecule has 0 fully saturated rings. The van der Waals surface area contributed by atoms with Gasteiger partial charge in [-0.2, -0.15) is 0 Å². The monoisotopic (exact) mass is 315 g/mol. The van der Waals surface area contributed by atoms with Crippen molar-refractivity contribution in [1.29, 1.82) is 0 Å². The van der Waals surface area contributed by atoms with Crippen LogP contribution in [0.5, 0.6) is 0 Å². The number of benzene rings is 3. The Kier molecular flexibility index (Phi) is 4.44. The lowest BCUT2D eigenvalue weighted by molar-refractivity contribution is 0.590. The molecule has 122 valence electrons. The molecule has 3 rings (SSSR count). The minimum atomic E-state index is 0.194. The normalized spacial score (nSPS) is 11.3. The largest absolute Gasteiger partial charge is 0.355 e. The first-order valence-electron chi connectivity index (χ1n) is 8.47. The Morgan fingerprint density at radius 1 is 0.667 bits per heavy atom. The lowest BCUT2D eigenvalue weighted by Gasteiger charge is -2.19. The molecule has 0 aliphatic carbocycles. The minimum Gasteiger partial charge on any atom is -0.355 e. The molecule has 0 aromatic heterocycles. The fraction of sp³-hybridized carbons (Fsp3) is 0.217. The number of aryl methyl sites for hydroxylation is 1. The number of nitrogens with one attached hydrogen (secondary N) is 1. The highest BCUT2D eigenvalue weighted by Crippen LogP contribution is 2.27. The maximum Gasteiger partial charge on any atom is 0.0413 e. The average Bonchev–Trinajstić information content (AvgIpc) is 2.57. The van der Waals surface area contributed by atoms with E-state index in [9.17, 15) is 0 Å². The highest BCUT2D eigenvalue weighted by atomic mass is 14.9. The van der Waals surface area contributed by atoms with Crippen molar-refractivity contribution in [2.24, 2.45) is 0 Å². The second kappa shape index (κ2) is 6.52. The van der Waals surface area contributed by atoms with Crippen molar-refractivity contribution in [3.8, 4) is 11.1 Å². The van der Waals surface area contributed by atoms with Crippen LogP contribution >= 0.6 is 0 Å². The van der Waals surface area contributed by atoms with Gasteiger partial charge in [-0.1, -0.05) is 75.4 Å². The summed E-state index contributed by atoms with van der Waals surface area (Å²) in [6.07, 6.45) is 0. The van der Waals surface area contributed by atoms with Crippen LogP contribution in [0.3, 0.4) is 0 Å². The SMILES string of the molecule is Cc1ccccc1Nc1ccc(-c2ccc(C(C)(C)C)cc2)cc1. The number of anilines is 2. The van der Waals surface area contributed by atoms with Gasteiger partial charge in [0.1, 0.15) is 0 Å². The van der Waals surface area contributed by atoms with Crippen LogP contribution in [-0.4, -0.2) is 0 Å². The van der Waals surface area contributed by atoms with Gasteiger partial charge in [0.05, 0.1) is 0 Å². The number of hydrogen-bond acceptors (Lipinski definition) is 1. The predicted octanol–water partition coefficient (Wildman–Crippen LogP) is 6.70. The van der Waals surface area contributed by atoms with Gasteiger partial charge < -0.3 is 5.32 Å². The molecule has 0 aliphatic rings. The third-order valence-corrected chi connectivity index (χ3v) is 4.39. The van der Waals surface area contributed by atoms with Gasteiger partial charge in [-0.05, 0) is 52.8 Å². The maximum atomic E-state index is 3.48. The van der Waals surface area contributed by atoms with E-state index in [2.05, 4.69) is 106 Å². The molecule has 24 heavy (non-hydrogen) atoms. The first-order chi connectivity index (χ1) is 11.4. The van der Waals surface area contributed by atoms with E-state index in [1.54, 1.807) is 0 Å². The van der Waals surface area contributed by atoms with Crippen LogP contribution in [0.1, 0.15) is 31.9 Å². The van der Waals surface area contributed by atoms with Gasteiger partial charge in [-0.25, -0.2) is 0 Å². The van der Waals surface area contributed by atoms with E-state index in [-0.39, 0.29) is 5.41 Å². The van der Waals surface area contributed by atoms with Gasteiger partial charge in [0.25, 0.3) is 0 Å². The van der Waals surface area contributed by atoms with Gasteiger partial charge >= 0.3 is 0 Å². The molecule has 0 unspecified atom stereocenters. The predicted molar refractivity (Wildman–Crippen MR) is 105 cm³/mol. The van der Waals surface area contributed by atoms with E-state index in [1.165, 1.54) is 22.3 Å². The van der Waals surface area contributed by atoms with E-state index in [0.29, 0.717) is 0 Å². The van der Waals surface area contributed by atoms with Gasteiger partial charge in [-0.3, -0.25) is 0 Å². The third-order valence-electron chi connectivity index (χ3n) is 4.39. The highest BCUT2D eigenvalue weighted by Gasteiger charge is 2.13. The quantitative estimate of drug-likeness (QED) is 0.567. The summed E-state index contributed by atoms with van der Waals surface area (Å²) in [4.78, 5) is 0. The Hall–Kier alpha value is -2.54. The van der Waals surface area contributed by atoms with Crippen LogP contribution in [0.15, 0.2) is 72.8 Å². The summed E-state index contributed by atoms with van der Waals surface area (Å²) in [6, 6.07) is 25.9. The molecule has 0 aliphatic heterocycles. The molecule has 3 aromatic carbocycles. The zero-order valence-electron chi connectivity index (χ0n) is 14.9. The summed E-state index contributed by atoms with van der Waals surface area (Å²) in [5.41, 5.74) is 7.57. The summed E-state index contributed by atoms with van der Waals surface area (Å²) in [7, 11) is 0. The fourth-order valence-corrected chi connectivity index (χ4v) is 2.78. The van der Waals surface area contributed by atoms with Crippen molar-refractivity contribution in [2.75, 3.05) is 5.32 Å². The van der Waals surface area contributed by atoms with E-state index in [4.69, 9.17) is 0 Å². The van der Waals surface area contributed by atoms with Crippen LogP contribution < -0.4 is 5.32 Å². The zero-order chi connectivity index (χ0) is 17.2. The zero-order valence-corrected chi connectivity index (χ0v) is 14.9. The first-order valence-corrected chi connectivity index (χ1v) is 8.47. The van der Waals surface area contributed by atoms with Gasteiger partial charge in [-0.15, -0.1) is 0 Å². The maximum absolute atomic E-state index is 3.48. The summed E-state index contributed by atoms with van der Waals surface area (Å²) >= 11 is 0. The van der Waals surface area contributed by atoms with Crippen LogP contribution in [0, 0.1) is 6.92 Å². The van der Waals surface area contributed by atoms with Gasteiger partial charge in [0, 0.05) is 11.4 Å². The number of para-hydroxylation sites is 1. The third kappa shape index (κ3) is 3.68. The van der Waals surface area contributed by atoms with Crippen molar-refractivity contribution in [3.63, 3.8) is 0 Å². The summed E-state index contributed by atoms with van der Waals surface area (Å²) in [5, 5.41) is 3.48. The fourth-order valence-electron chi connectivity index (χ4n) is 2.78. The molecule has 0 bridgehead atoms. The van der Waals surface area contributed by atoms with Crippen LogP contribution in [0.25, 0.3) is 11.1 Å². The first kappa shape index (κ1) is 16.3. The summed E-state index contributed by atoms with van der Waals surface area (Å²) in [6.45, 7) is 8.85. The molecule has 0 saturated heterocycles. The standard InChI is InChI=1S/C23H25N/c1-17-7-5-6-8-22(17)24-21-15-11-19(12-16-21)18-9-13-20(14-10-18)23(2,3)4/h5-16,24H,1-4H3. The molecular formula is C23H25N. The Bertz CT molecular complexity index is 806. The molecule has 0 heterocycles. The van der Waals surface area contributed by atoms with E-state index in [1.807, 2.05) is 0 Å². The van der Waals surface area contributed by atoms with E-state index in [0.717, 1.165) is 11.4 Å². The summed E-state index contributed by atoms with van der Waals surface area (Å²) in [5.74, 6) is 0. The van der Waals surface area contributed by atoms with Crippen molar-refractivity contribution in [3.05, 3.63) is 83.9 Å². The lowest BCUT2D eigenvalue weighted by atomic mass is 9.86. The number of rotatable bonds is 3. The highest BCUT2D eigenvalue weighted by molar-refractivity contribution is 5.69. The minimum absolute atomic E-state index is 0.194. The molecule has 1 nitrogen and oxygen atoms in total. The Balaban J connectivity index is 1.78. The molecule has 0 spiro atoms. The van der Waals surface area contributed by atoms with Crippen molar-refractivity contribution in [1.82, 2.24) is 0 Å². The van der Waals surface area contributed by atoms with Crippen molar-refractivity contribution >= 4 is 11.4 Å². The second-order valence-corrected chi connectivity index (χ2v) is 7.34. The van der Waals surface area contributed by atoms with Crippen molar-refractivity contribution in [2.45, 2.75) is 33.1 Å². The molecule has 0 radical (unpaired) electrons. The van der Waals surface area contributed by atoms with Crippen LogP contribution in [0.2, 0.25) is 0 Å². The van der Waals surface area contributed by atoms with Crippen molar-refractivity contribution < 1.29 is 0 Å². The molecule has 0 amide bonds. The van der Waals surface area contributed by atoms with E-state index < -0.39 is 0 Å². The second-order valence-electron chi connectivity index (χ2n) is 7.34. The molecule has 1 heteroatoms. The molecule has 0 saturated carbocycles. The molecule has 1 N–H and O–H groups in total. The van der Waals surface area contributed by atoms with E-state index >= 15 is 0 Å². The van der Waals surface area contributed by atoms with Gasteiger partial charge in [0.2, 0.25) is 0 Å². The molecule has 3 aromatic rings. The lowest BCUT2D eigenvalue weighted by Crippen LogP contribution is -2.10. The molecular weight excluding hydrogens is 290 g/mol. The van der Waals surface area contributed by atoms with Gasteiger partial charge in [0.15, 0.2) is 0 Å². The molecule has 0 atom stereocenters. The topological polar surface area (TPSA) is 12.0 Å².